The number of hydrogen-bond acceptors (Lipinski definition) is 5. The van der Waals surface area contributed by atoms with E-state index in [9.17, 15) is 14.0 Å². The van der Waals surface area contributed by atoms with Crippen molar-refractivity contribution in [3.05, 3.63) is 77.4 Å². The van der Waals surface area contributed by atoms with Crippen LogP contribution in [0.15, 0.2) is 65.8 Å². The number of anilines is 1. The number of benzene rings is 2. The lowest BCUT2D eigenvalue weighted by Crippen LogP contribution is -2.41. The van der Waals surface area contributed by atoms with E-state index in [0.717, 1.165) is 48.2 Å². The molecule has 0 saturated carbocycles. The van der Waals surface area contributed by atoms with Crippen molar-refractivity contribution >= 4 is 33.8 Å². The van der Waals surface area contributed by atoms with Gasteiger partial charge >= 0.3 is 5.69 Å². The highest BCUT2D eigenvalue weighted by atomic mass is 19.1. The van der Waals surface area contributed by atoms with Crippen LogP contribution in [0.4, 0.5) is 10.2 Å². The number of likely N-dealkylation sites (tertiary alicyclic amines) is 1. The Hall–Kier alpha value is -4.47. The topological polar surface area (TPSA) is 92.1 Å². The zero-order chi connectivity index (χ0) is 27.2. The lowest BCUT2D eigenvalue weighted by atomic mass is 10.0. The number of nitrogens with zero attached hydrogens (tertiary/aromatic N) is 6. The van der Waals surface area contributed by atoms with Gasteiger partial charge in [0.15, 0.2) is 0 Å². The van der Waals surface area contributed by atoms with Gasteiger partial charge in [-0.15, -0.1) is 0 Å². The second-order valence-electron chi connectivity index (χ2n) is 10.7. The summed E-state index contributed by atoms with van der Waals surface area (Å²) in [5.41, 5.74) is 3.40. The molecule has 0 aliphatic carbocycles. The Morgan fingerprint density at radius 3 is 2.50 bits per heavy atom. The monoisotopic (exact) mass is 539 g/mol. The van der Waals surface area contributed by atoms with Crippen molar-refractivity contribution < 1.29 is 9.18 Å². The summed E-state index contributed by atoms with van der Waals surface area (Å²) in [4.78, 5) is 42.4. The average molecular weight is 540 g/mol. The van der Waals surface area contributed by atoms with Gasteiger partial charge in [0, 0.05) is 49.5 Å². The highest BCUT2D eigenvalue weighted by Crippen LogP contribution is 2.37. The molecule has 1 amide bonds. The normalized spacial score (nSPS) is 16.4. The summed E-state index contributed by atoms with van der Waals surface area (Å²) in [6, 6.07) is 14.4. The predicted octanol–water partition coefficient (Wildman–Crippen LogP) is 4.34. The molecular weight excluding hydrogens is 509 g/mol. The minimum absolute atomic E-state index is 0.0250. The van der Waals surface area contributed by atoms with E-state index < -0.39 is 0 Å². The van der Waals surface area contributed by atoms with Crippen molar-refractivity contribution in [2.45, 2.75) is 38.3 Å². The maximum absolute atomic E-state index is 15.0. The Labute approximate surface area is 229 Å². The molecule has 5 aromatic rings. The van der Waals surface area contributed by atoms with Gasteiger partial charge in [-0.25, -0.2) is 19.2 Å². The first-order valence-electron chi connectivity index (χ1n) is 13.9. The molecule has 0 atom stereocenters. The summed E-state index contributed by atoms with van der Waals surface area (Å²) < 4.78 is 18.6. The minimum atomic E-state index is -0.321. The van der Waals surface area contributed by atoms with Crippen LogP contribution in [0.3, 0.4) is 0 Å². The maximum atomic E-state index is 15.0. The number of piperidine rings is 1. The molecule has 204 valence electrons. The second kappa shape index (κ2) is 9.93. The first-order chi connectivity index (χ1) is 19.6. The highest BCUT2D eigenvalue weighted by molar-refractivity contribution is 6.02. The SMILES string of the molecule is O=C(Cn1cc(-c2ccccc2F)c2c(N3CCCC3)ncnc21)N1CCC(n2c(=O)[nH]c3ccccc32)CC1. The van der Waals surface area contributed by atoms with Gasteiger partial charge in [0.05, 0.1) is 16.4 Å². The van der Waals surface area contributed by atoms with Gasteiger partial charge in [-0.2, -0.15) is 0 Å². The molecule has 7 rings (SSSR count). The number of para-hydroxylation sites is 2. The van der Waals surface area contributed by atoms with E-state index in [0.29, 0.717) is 42.7 Å². The molecule has 40 heavy (non-hydrogen) atoms. The molecule has 1 N–H and O–H groups in total. The van der Waals surface area contributed by atoms with Crippen molar-refractivity contribution in [2.75, 3.05) is 31.1 Å². The number of aromatic amines is 1. The predicted molar refractivity (Wildman–Crippen MR) is 152 cm³/mol. The van der Waals surface area contributed by atoms with E-state index in [1.807, 2.05) is 50.6 Å². The Kier molecular flexibility index (Phi) is 6.10. The van der Waals surface area contributed by atoms with Crippen molar-refractivity contribution in [2.24, 2.45) is 0 Å². The van der Waals surface area contributed by atoms with Crippen molar-refractivity contribution in [3.8, 4) is 11.1 Å². The number of carbonyl (C=O) groups is 1. The van der Waals surface area contributed by atoms with Gasteiger partial charge in [0.25, 0.3) is 0 Å². The fourth-order valence-corrected chi connectivity index (χ4v) is 6.34. The van der Waals surface area contributed by atoms with Crippen LogP contribution in [-0.2, 0) is 11.3 Å². The van der Waals surface area contributed by atoms with Gasteiger partial charge in [-0.3, -0.25) is 9.36 Å². The van der Waals surface area contributed by atoms with E-state index in [1.165, 1.54) is 12.4 Å². The lowest BCUT2D eigenvalue weighted by Gasteiger charge is -2.32. The third-order valence-electron chi connectivity index (χ3n) is 8.32. The van der Waals surface area contributed by atoms with E-state index in [1.54, 1.807) is 12.1 Å². The number of imidazole rings is 1. The average Bonchev–Trinajstić information content (AvgIpc) is 3.71. The second-order valence-corrected chi connectivity index (χ2v) is 10.7. The number of aromatic nitrogens is 5. The summed E-state index contributed by atoms with van der Waals surface area (Å²) in [6.07, 6.45) is 6.93. The Morgan fingerprint density at radius 1 is 0.950 bits per heavy atom. The van der Waals surface area contributed by atoms with Crippen molar-refractivity contribution in [1.29, 1.82) is 0 Å². The summed E-state index contributed by atoms with van der Waals surface area (Å²) in [7, 11) is 0. The van der Waals surface area contributed by atoms with Gasteiger partial charge in [0.2, 0.25) is 5.91 Å². The lowest BCUT2D eigenvalue weighted by molar-refractivity contribution is -0.133. The molecule has 0 radical (unpaired) electrons. The van der Waals surface area contributed by atoms with Crippen LogP contribution in [0, 0.1) is 5.82 Å². The van der Waals surface area contributed by atoms with Crippen molar-refractivity contribution in [3.63, 3.8) is 0 Å². The molecular formula is C30H30FN7O2. The highest BCUT2D eigenvalue weighted by Gasteiger charge is 2.28. The van der Waals surface area contributed by atoms with Crippen LogP contribution in [0.5, 0.6) is 0 Å². The number of rotatable bonds is 5. The summed E-state index contributed by atoms with van der Waals surface area (Å²) in [5.74, 6) is 0.443. The number of carbonyl (C=O) groups excluding carboxylic acids is 1. The number of amides is 1. The number of H-pyrrole nitrogens is 1. The standard InChI is InChI=1S/C30H30FN7O2/c31-23-8-2-1-7-21(23)22-17-37(29-27(22)28(32-19-33-29)36-13-5-6-14-36)18-26(39)35-15-11-20(12-16-35)38-25-10-4-3-9-24(25)34-30(38)40/h1-4,7-10,17,19-20H,5-6,11-16,18H2,(H,34,40). The van der Waals surface area contributed by atoms with Gasteiger partial charge in [0.1, 0.15) is 30.2 Å². The van der Waals surface area contributed by atoms with Crippen LogP contribution in [0.25, 0.3) is 33.2 Å². The van der Waals surface area contributed by atoms with E-state index in [4.69, 9.17) is 0 Å². The third kappa shape index (κ3) is 4.14. The first-order valence-corrected chi connectivity index (χ1v) is 13.9. The van der Waals surface area contributed by atoms with Gasteiger partial charge in [-0.1, -0.05) is 30.3 Å². The molecule has 2 fully saturated rings. The summed E-state index contributed by atoms with van der Waals surface area (Å²) >= 11 is 0. The van der Waals surface area contributed by atoms with E-state index in [-0.39, 0.29) is 30.0 Å². The van der Waals surface area contributed by atoms with Crippen molar-refractivity contribution in [1.82, 2.24) is 29.0 Å². The van der Waals surface area contributed by atoms with Crippen LogP contribution in [0.2, 0.25) is 0 Å². The molecule has 5 heterocycles. The van der Waals surface area contributed by atoms with Crippen LogP contribution < -0.4 is 10.6 Å². The number of nitrogens with one attached hydrogen (secondary N) is 1. The fourth-order valence-electron chi connectivity index (χ4n) is 6.34. The molecule has 2 aliphatic heterocycles. The Balaban J connectivity index is 1.17. The Morgan fingerprint density at radius 2 is 1.70 bits per heavy atom. The maximum Gasteiger partial charge on any atom is 0.326 e. The molecule has 2 aliphatic rings. The quantitative estimate of drug-likeness (QED) is 0.359. The number of halogens is 1. The van der Waals surface area contributed by atoms with Gasteiger partial charge in [-0.05, 0) is 43.9 Å². The minimum Gasteiger partial charge on any atom is -0.356 e. The molecule has 9 nitrogen and oxygen atoms in total. The zero-order valence-electron chi connectivity index (χ0n) is 22.1. The van der Waals surface area contributed by atoms with Gasteiger partial charge < -0.3 is 19.4 Å². The summed E-state index contributed by atoms with van der Waals surface area (Å²) in [5, 5.41) is 0.778. The zero-order valence-corrected chi connectivity index (χ0v) is 22.1. The summed E-state index contributed by atoms with van der Waals surface area (Å²) in [6.45, 7) is 2.99. The molecule has 3 aromatic heterocycles. The largest absolute Gasteiger partial charge is 0.356 e. The van der Waals surface area contributed by atoms with Crippen LogP contribution in [-0.4, -0.2) is 61.1 Å². The molecule has 2 aromatic carbocycles. The van der Waals surface area contributed by atoms with Crippen LogP contribution in [0.1, 0.15) is 31.7 Å². The molecule has 10 heteroatoms. The number of hydrogen-bond donors (Lipinski definition) is 1. The van der Waals surface area contributed by atoms with Crippen LogP contribution >= 0.6 is 0 Å². The molecule has 2 saturated heterocycles. The molecule has 0 bridgehead atoms. The smallest absolute Gasteiger partial charge is 0.326 e. The molecule has 0 spiro atoms. The number of fused-ring (bicyclic) bond motifs is 2. The van der Waals surface area contributed by atoms with E-state index in [2.05, 4.69) is 19.9 Å². The van der Waals surface area contributed by atoms with E-state index >= 15 is 0 Å². The first kappa shape index (κ1) is 24.6. The molecule has 0 unspecified atom stereocenters. The Bertz CT molecular complexity index is 1770. The third-order valence-corrected chi connectivity index (χ3v) is 8.32. The fraction of sp³-hybridized carbons (Fsp3) is 0.333.